The van der Waals surface area contributed by atoms with Crippen molar-refractivity contribution < 1.29 is 9.84 Å². The minimum atomic E-state index is -0.120. The Kier molecular flexibility index (Phi) is 3.28. The van der Waals surface area contributed by atoms with Gasteiger partial charge in [0, 0.05) is 7.11 Å². The molecule has 0 aliphatic carbocycles. The Morgan fingerprint density at radius 3 is 2.77 bits per heavy atom. The zero-order valence-electron chi connectivity index (χ0n) is 7.95. The van der Waals surface area contributed by atoms with Crippen molar-refractivity contribution in [3.8, 4) is 5.75 Å². The lowest BCUT2D eigenvalue weighted by atomic mass is 10.0. The maximum atomic E-state index is 9.18. The zero-order valence-corrected chi connectivity index (χ0v) is 7.95. The maximum absolute atomic E-state index is 9.18. The summed E-state index contributed by atoms with van der Waals surface area (Å²) in [7, 11) is 1.62. The molecule has 0 heterocycles. The van der Waals surface area contributed by atoms with Gasteiger partial charge < -0.3 is 15.6 Å². The number of ether oxygens (including phenoxy) is 1. The first-order valence-corrected chi connectivity index (χ1v) is 4.19. The summed E-state index contributed by atoms with van der Waals surface area (Å²) >= 11 is 0. The van der Waals surface area contributed by atoms with Crippen molar-refractivity contribution in [3.05, 3.63) is 29.3 Å². The highest BCUT2D eigenvalue weighted by Crippen LogP contribution is 2.20. The lowest BCUT2D eigenvalue weighted by Crippen LogP contribution is -2.17. The molecule has 0 aliphatic heterocycles. The van der Waals surface area contributed by atoms with E-state index in [1.807, 2.05) is 13.0 Å². The van der Waals surface area contributed by atoms with E-state index in [1.54, 1.807) is 19.2 Å². The van der Waals surface area contributed by atoms with E-state index in [9.17, 15) is 5.11 Å². The molecule has 0 unspecified atom stereocenters. The second kappa shape index (κ2) is 4.25. The molecule has 1 aromatic rings. The highest BCUT2D eigenvalue weighted by atomic mass is 16.5. The zero-order chi connectivity index (χ0) is 9.84. The maximum Gasteiger partial charge on any atom is 0.115 e. The van der Waals surface area contributed by atoms with Crippen molar-refractivity contribution in [3.63, 3.8) is 0 Å². The number of hydrogen-bond acceptors (Lipinski definition) is 3. The van der Waals surface area contributed by atoms with Crippen LogP contribution >= 0.6 is 0 Å². The Balaban J connectivity index is 2.88. The molecule has 1 rings (SSSR count). The van der Waals surface area contributed by atoms with Crippen LogP contribution in [-0.2, 0) is 4.74 Å². The molecule has 0 bridgehead atoms. The number of aryl methyl sites for hydroxylation is 1. The number of methoxy groups -OCH3 is 1. The van der Waals surface area contributed by atoms with Gasteiger partial charge in [-0.1, -0.05) is 6.07 Å². The Morgan fingerprint density at radius 2 is 2.23 bits per heavy atom. The van der Waals surface area contributed by atoms with E-state index in [2.05, 4.69) is 0 Å². The average molecular weight is 181 g/mol. The van der Waals surface area contributed by atoms with E-state index < -0.39 is 0 Å². The summed E-state index contributed by atoms with van der Waals surface area (Å²) in [6, 6.07) is 5.04. The number of aromatic hydroxyl groups is 1. The second-order valence-corrected chi connectivity index (χ2v) is 3.10. The molecule has 0 amide bonds. The fraction of sp³-hybridized carbons (Fsp3) is 0.400. The normalized spacial score (nSPS) is 12.8. The monoisotopic (exact) mass is 181 g/mol. The minimum absolute atomic E-state index is 0.120. The predicted molar refractivity (Wildman–Crippen MR) is 51.6 cm³/mol. The van der Waals surface area contributed by atoms with Crippen LogP contribution in [0.5, 0.6) is 5.75 Å². The standard InChI is InChI=1S/C10H15NO2/c1-7-5-8(12)3-4-9(7)10(11)6-13-2/h3-5,10,12H,6,11H2,1-2H3/t10-/m0/s1. The summed E-state index contributed by atoms with van der Waals surface area (Å²) in [5, 5.41) is 9.18. The molecule has 72 valence electrons. The van der Waals surface area contributed by atoms with Crippen molar-refractivity contribution in [1.29, 1.82) is 0 Å². The molecule has 1 atom stereocenters. The van der Waals surface area contributed by atoms with Gasteiger partial charge in [-0.15, -0.1) is 0 Å². The average Bonchev–Trinajstić information content (AvgIpc) is 2.04. The predicted octanol–water partition coefficient (Wildman–Crippen LogP) is 1.35. The van der Waals surface area contributed by atoms with Crippen molar-refractivity contribution in [2.75, 3.05) is 13.7 Å². The van der Waals surface area contributed by atoms with Crippen molar-refractivity contribution >= 4 is 0 Å². The van der Waals surface area contributed by atoms with Gasteiger partial charge in [-0.3, -0.25) is 0 Å². The summed E-state index contributed by atoms with van der Waals surface area (Å²) in [6.07, 6.45) is 0. The Hall–Kier alpha value is -1.06. The smallest absolute Gasteiger partial charge is 0.115 e. The summed E-state index contributed by atoms with van der Waals surface area (Å²) in [5.74, 6) is 0.269. The molecule has 0 spiro atoms. The summed E-state index contributed by atoms with van der Waals surface area (Å²) in [5.41, 5.74) is 7.85. The molecule has 0 aliphatic rings. The first-order valence-electron chi connectivity index (χ1n) is 4.19. The third kappa shape index (κ3) is 2.44. The van der Waals surface area contributed by atoms with Gasteiger partial charge >= 0.3 is 0 Å². The van der Waals surface area contributed by atoms with Crippen LogP contribution in [0.4, 0.5) is 0 Å². The largest absolute Gasteiger partial charge is 0.508 e. The lowest BCUT2D eigenvalue weighted by molar-refractivity contribution is 0.180. The minimum Gasteiger partial charge on any atom is -0.508 e. The second-order valence-electron chi connectivity index (χ2n) is 3.10. The van der Waals surface area contributed by atoms with E-state index in [-0.39, 0.29) is 11.8 Å². The molecule has 3 N–H and O–H groups in total. The Labute approximate surface area is 78.1 Å². The molecular formula is C10H15NO2. The highest BCUT2D eigenvalue weighted by molar-refractivity contribution is 5.35. The molecule has 0 saturated carbocycles. The highest BCUT2D eigenvalue weighted by Gasteiger charge is 2.08. The van der Waals surface area contributed by atoms with Gasteiger partial charge in [0.25, 0.3) is 0 Å². The molecule has 0 fully saturated rings. The SMILES string of the molecule is COC[C@H](N)c1ccc(O)cc1C. The summed E-state index contributed by atoms with van der Waals surface area (Å²) in [6.45, 7) is 2.41. The van der Waals surface area contributed by atoms with Gasteiger partial charge in [0.15, 0.2) is 0 Å². The van der Waals surface area contributed by atoms with Crippen molar-refractivity contribution in [2.24, 2.45) is 5.73 Å². The number of rotatable bonds is 3. The van der Waals surface area contributed by atoms with Gasteiger partial charge in [-0.25, -0.2) is 0 Å². The molecule has 0 aromatic heterocycles. The van der Waals surface area contributed by atoms with Gasteiger partial charge in [0.1, 0.15) is 5.75 Å². The summed E-state index contributed by atoms with van der Waals surface area (Å²) in [4.78, 5) is 0. The molecular weight excluding hydrogens is 166 g/mol. The van der Waals surface area contributed by atoms with Gasteiger partial charge in [-0.2, -0.15) is 0 Å². The van der Waals surface area contributed by atoms with Crippen molar-refractivity contribution in [1.82, 2.24) is 0 Å². The van der Waals surface area contributed by atoms with E-state index >= 15 is 0 Å². The van der Waals surface area contributed by atoms with Gasteiger partial charge in [-0.05, 0) is 30.2 Å². The van der Waals surface area contributed by atoms with Crippen LogP contribution in [0.15, 0.2) is 18.2 Å². The molecule has 13 heavy (non-hydrogen) atoms. The van der Waals surface area contributed by atoms with Crippen LogP contribution < -0.4 is 5.73 Å². The fourth-order valence-electron chi connectivity index (χ4n) is 1.35. The quantitative estimate of drug-likeness (QED) is 0.740. The van der Waals surface area contributed by atoms with E-state index in [1.165, 1.54) is 0 Å². The van der Waals surface area contributed by atoms with Crippen LogP contribution in [0.3, 0.4) is 0 Å². The van der Waals surface area contributed by atoms with Crippen LogP contribution in [0.25, 0.3) is 0 Å². The Morgan fingerprint density at radius 1 is 1.54 bits per heavy atom. The fourth-order valence-corrected chi connectivity index (χ4v) is 1.35. The lowest BCUT2D eigenvalue weighted by Gasteiger charge is -2.13. The summed E-state index contributed by atoms with van der Waals surface area (Å²) < 4.78 is 4.96. The third-order valence-corrected chi connectivity index (χ3v) is 2.00. The molecule has 0 radical (unpaired) electrons. The van der Waals surface area contributed by atoms with Crippen LogP contribution in [-0.4, -0.2) is 18.8 Å². The number of benzene rings is 1. The van der Waals surface area contributed by atoms with Crippen LogP contribution in [0, 0.1) is 6.92 Å². The van der Waals surface area contributed by atoms with Crippen LogP contribution in [0.2, 0.25) is 0 Å². The first kappa shape index (κ1) is 10.0. The first-order chi connectivity index (χ1) is 6.15. The molecule has 3 heteroatoms. The van der Waals surface area contributed by atoms with Crippen LogP contribution in [0.1, 0.15) is 17.2 Å². The van der Waals surface area contributed by atoms with E-state index in [0.717, 1.165) is 11.1 Å². The topological polar surface area (TPSA) is 55.5 Å². The van der Waals surface area contributed by atoms with E-state index in [0.29, 0.717) is 6.61 Å². The number of phenolic OH excluding ortho intramolecular Hbond substituents is 1. The molecule has 3 nitrogen and oxygen atoms in total. The number of phenols is 1. The van der Waals surface area contributed by atoms with Gasteiger partial charge in [0.2, 0.25) is 0 Å². The Bertz CT molecular complexity index is 286. The molecule has 1 aromatic carbocycles. The molecule has 0 saturated heterocycles. The van der Waals surface area contributed by atoms with Gasteiger partial charge in [0.05, 0.1) is 12.6 Å². The van der Waals surface area contributed by atoms with E-state index in [4.69, 9.17) is 10.5 Å². The van der Waals surface area contributed by atoms with Crippen molar-refractivity contribution in [2.45, 2.75) is 13.0 Å². The number of nitrogens with two attached hydrogens (primary N) is 1. The number of hydrogen-bond donors (Lipinski definition) is 2. The third-order valence-electron chi connectivity index (χ3n) is 2.00.